The zero-order valence-electron chi connectivity index (χ0n) is 15.6. The van der Waals surface area contributed by atoms with E-state index in [-0.39, 0.29) is 0 Å². The van der Waals surface area contributed by atoms with Crippen molar-refractivity contribution in [1.29, 1.82) is 5.26 Å². The van der Waals surface area contributed by atoms with Crippen molar-refractivity contribution >= 4 is 23.2 Å². The first-order chi connectivity index (χ1) is 12.8. The minimum absolute atomic E-state index is 0.316. The molecule has 0 spiro atoms. The number of benzene rings is 2. The van der Waals surface area contributed by atoms with E-state index < -0.39 is 17.2 Å². The third-order valence-corrected chi connectivity index (χ3v) is 4.09. The van der Waals surface area contributed by atoms with Crippen molar-refractivity contribution in [2.45, 2.75) is 13.8 Å². The molecule has 0 aliphatic heterocycles. The Labute approximate surface area is 157 Å². The molecule has 0 aromatic heterocycles. The van der Waals surface area contributed by atoms with Gasteiger partial charge in [-0.1, -0.05) is 12.1 Å². The molecule has 7 nitrogen and oxygen atoms in total. The number of methoxy groups -OCH3 is 2. The number of carbonyl (C=O) groups is 2. The fourth-order valence-corrected chi connectivity index (χ4v) is 2.26. The summed E-state index contributed by atoms with van der Waals surface area (Å²) in [5.74, 6) is -0.0861. The Morgan fingerprint density at radius 2 is 1.59 bits per heavy atom. The molecular formula is C20H21N3O4. The van der Waals surface area contributed by atoms with Crippen molar-refractivity contribution in [3.8, 4) is 17.6 Å². The number of nitrogens with zero attached hydrogens (tertiary/aromatic N) is 1. The highest BCUT2D eigenvalue weighted by molar-refractivity contribution is 6.14. The lowest BCUT2D eigenvalue weighted by molar-refractivity contribution is -0.135. The van der Waals surface area contributed by atoms with Gasteiger partial charge in [-0.05, 0) is 38.1 Å². The predicted molar refractivity (Wildman–Crippen MR) is 102 cm³/mol. The molecular weight excluding hydrogens is 346 g/mol. The predicted octanol–water partition coefficient (Wildman–Crippen LogP) is 3.18. The molecule has 0 saturated heterocycles. The fraction of sp³-hybridized carbons (Fsp3) is 0.250. The van der Waals surface area contributed by atoms with Crippen molar-refractivity contribution < 1.29 is 19.1 Å². The van der Waals surface area contributed by atoms with E-state index in [0.717, 1.165) is 0 Å². The van der Waals surface area contributed by atoms with Crippen molar-refractivity contribution in [1.82, 2.24) is 0 Å². The Hall–Kier alpha value is -3.53. The molecule has 0 radical (unpaired) electrons. The number of nitrogens with one attached hydrogen (secondary N) is 2. The number of hydrogen-bond acceptors (Lipinski definition) is 5. The van der Waals surface area contributed by atoms with Gasteiger partial charge in [-0.25, -0.2) is 0 Å². The second-order valence-corrected chi connectivity index (χ2v) is 6.26. The Bertz CT molecular complexity index is 900. The lowest BCUT2D eigenvalue weighted by Crippen LogP contribution is -2.41. The molecule has 0 fully saturated rings. The lowest BCUT2D eigenvalue weighted by Gasteiger charge is -2.23. The molecule has 2 N–H and O–H groups in total. The maximum atomic E-state index is 12.8. The minimum atomic E-state index is -1.41. The maximum Gasteiger partial charge on any atom is 0.239 e. The topological polar surface area (TPSA) is 100 Å². The zero-order chi connectivity index (χ0) is 20.0. The van der Waals surface area contributed by atoms with E-state index in [1.54, 1.807) is 42.5 Å². The average Bonchev–Trinajstić information content (AvgIpc) is 2.68. The van der Waals surface area contributed by atoms with Crippen LogP contribution in [0, 0.1) is 16.7 Å². The maximum absolute atomic E-state index is 12.8. The molecule has 0 atom stereocenters. The van der Waals surface area contributed by atoms with Crippen molar-refractivity contribution in [3.05, 3.63) is 48.0 Å². The van der Waals surface area contributed by atoms with E-state index in [2.05, 4.69) is 10.6 Å². The van der Waals surface area contributed by atoms with Crippen molar-refractivity contribution in [2.75, 3.05) is 24.9 Å². The van der Waals surface area contributed by atoms with Crippen LogP contribution in [0.1, 0.15) is 19.4 Å². The van der Waals surface area contributed by atoms with Crippen LogP contribution >= 0.6 is 0 Å². The third kappa shape index (κ3) is 4.36. The smallest absolute Gasteiger partial charge is 0.239 e. The van der Waals surface area contributed by atoms with Crippen LogP contribution in [0.15, 0.2) is 42.5 Å². The average molecular weight is 367 g/mol. The lowest BCUT2D eigenvalue weighted by atomic mass is 9.90. The molecule has 27 heavy (non-hydrogen) atoms. The van der Waals surface area contributed by atoms with Crippen LogP contribution in [0.4, 0.5) is 11.4 Å². The molecule has 0 aliphatic rings. The number of ether oxygens (including phenoxy) is 2. The molecule has 2 aromatic carbocycles. The summed E-state index contributed by atoms with van der Waals surface area (Å²) in [4.78, 5) is 25.4. The zero-order valence-corrected chi connectivity index (χ0v) is 15.6. The first-order valence-corrected chi connectivity index (χ1v) is 8.17. The quantitative estimate of drug-likeness (QED) is 0.764. The number of para-hydroxylation sites is 1. The molecule has 2 rings (SSSR count). The van der Waals surface area contributed by atoms with Crippen LogP contribution in [0.25, 0.3) is 0 Å². The second-order valence-electron chi connectivity index (χ2n) is 6.26. The molecule has 2 amide bonds. The number of amides is 2. The Balaban J connectivity index is 2.22. The van der Waals surface area contributed by atoms with Crippen LogP contribution < -0.4 is 20.1 Å². The van der Waals surface area contributed by atoms with Gasteiger partial charge in [-0.3, -0.25) is 9.59 Å². The summed E-state index contributed by atoms with van der Waals surface area (Å²) in [5, 5.41) is 14.5. The molecule has 140 valence electrons. The van der Waals surface area contributed by atoms with Gasteiger partial charge in [-0.2, -0.15) is 5.26 Å². The van der Waals surface area contributed by atoms with Gasteiger partial charge in [0.25, 0.3) is 0 Å². The first-order valence-electron chi connectivity index (χ1n) is 8.17. The summed E-state index contributed by atoms with van der Waals surface area (Å²) in [6.45, 7) is 3.00. The Kier molecular flexibility index (Phi) is 6.03. The number of carbonyl (C=O) groups excluding carboxylic acids is 2. The van der Waals surface area contributed by atoms with Gasteiger partial charge in [0.05, 0.1) is 31.2 Å². The van der Waals surface area contributed by atoms with Crippen molar-refractivity contribution in [3.63, 3.8) is 0 Å². The molecule has 2 aromatic rings. The fourth-order valence-electron chi connectivity index (χ4n) is 2.26. The number of hydrogen-bond donors (Lipinski definition) is 2. The van der Waals surface area contributed by atoms with Gasteiger partial charge in [0.15, 0.2) is 0 Å². The highest BCUT2D eigenvalue weighted by Gasteiger charge is 2.37. The molecule has 0 saturated carbocycles. The molecule has 7 heteroatoms. The summed E-state index contributed by atoms with van der Waals surface area (Å²) in [6.07, 6.45) is 0. The van der Waals surface area contributed by atoms with Crippen LogP contribution in [0.2, 0.25) is 0 Å². The van der Waals surface area contributed by atoms with E-state index in [1.807, 2.05) is 6.07 Å². The minimum Gasteiger partial charge on any atom is -0.497 e. The monoisotopic (exact) mass is 367 g/mol. The SMILES string of the molecule is COc1ccc(OC)c(NC(=O)C(C)(C)C(=O)Nc2ccccc2C#N)c1. The number of rotatable bonds is 6. The summed E-state index contributed by atoms with van der Waals surface area (Å²) in [5.41, 5.74) is -0.349. The van der Waals surface area contributed by atoms with Crippen LogP contribution in [-0.2, 0) is 9.59 Å². The van der Waals surface area contributed by atoms with Gasteiger partial charge < -0.3 is 20.1 Å². The first kappa shape index (κ1) is 19.8. The summed E-state index contributed by atoms with van der Waals surface area (Å²) < 4.78 is 10.4. The van der Waals surface area contributed by atoms with Crippen LogP contribution in [-0.4, -0.2) is 26.0 Å². The van der Waals surface area contributed by atoms with E-state index in [0.29, 0.717) is 28.4 Å². The Morgan fingerprint density at radius 1 is 0.963 bits per heavy atom. The van der Waals surface area contributed by atoms with Crippen LogP contribution in [0.5, 0.6) is 11.5 Å². The second kappa shape index (κ2) is 8.23. The van der Waals surface area contributed by atoms with Gasteiger partial charge in [0.1, 0.15) is 23.0 Å². The third-order valence-electron chi connectivity index (χ3n) is 4.09. The number of anilines is 2. The summed E-state index contributed by atoms with van der Waals surface area (Å²) in [6, 6.07) is 13.6. The van der Waals surface area contributed by atoms with Gasteiger partial charge in [-0.15, -0.1) is 0 Å². The molecule has 0 aliphatic carbocycles. The van der Waals surface area contributed by atoms with Gasteiger partial charge in [0.2, 0.25) is 11.8 Å². The highest BCUT2D eigenvalue weighted by Crippen LogP contribution is 2.31. The van der Waals surface area contributed by atoms with Crippen molar-refractivity contribution in [2.24, 2.45) is 5.41 Å². The number of nitriles is 1. The van der Waals surface area contributed by atoms with Crippen LogP contribution in [0.3, 0.4) is 0 Å². The van der Waals surface area contributed by atoms with E-state index >= 15 is 0 Å². The normalized spacial score (nSPS) is 10.5. The molecule has 0 bridgehead atoms. The molecule has 0 heterocycles. The Morgan fingerprint density at radius 3 is 2.19 bits per heavy atom. The summed E-state index contributed by atoms with van der Waals surface area (Å²) in [7, 11) is 2.99. The standard InChI is InChI=1S/C20H21N3O4/c1-20(2,18(24)22-15-8-6-5-7-13(15)12-21)19(25)23-16-11-14(26-3)9-10-17(16)27-4/h5-11H,1-4H3,(H,22,24)(H,23,25). The summed E-state index contributed by atoms with van der Waals surface area (Å²) >= 11 is 0. The van der Waals surface area contributed by atoms with E-state index in [1.165, 1.54) is 28.1 Å². The van der Waals surface area contributed by atoms with Gasteiger partial charge >= 0.3 is 0 Å². The largest absolute Gasteiger partial charge is 0.497 e. The van der Waals surface area contributed by atoms with Gasteiger partial charge in [0, 0.05) is 6.07 Å². The highest BCUT2D eigenvalue weighted by atomic mass is 16.5. The van der Waals surface area contributed by atoms with E-state index in [4.69, 9.17) is 14.7 Å². The van der Waals surface area contributed by atoms with E-state index in [9.17, 15) is 9.59 Å². The molecule has 0 unspecified atom stereocenters.